The van der Waals surface area contributed by atoms with Gasteiger partial charge in [-0.25, -0.2) is 0 Å². The summed E-state index contributed by atoms with van der Waals surface area (Å²) in [7, 11) is 0. The molecule has 1 saturated carbocycles. The van der Waals surface area contributed by atoms with Crippen LogP contribution in [0.1, 0.15) is 51.9 Å². The van der Waals surface area contributed by atoms with Crippen LogP contribution in [0.3, 0.4) is 0 Å². The molecule has 0 N–H and O–H groups in total. The molecule has 0 bridgehead atoms. The Kier molecular flexibility index (Phi) is 5.01. The van der Waals surface area contributed by atoms with Gasteiger partial charge in [0.05, 0.1) is 19.8 Å². The van der Waals surface area contributed by atoms with Crippen LogP contribution < -0.4 is 0 Å². The first-order valence-electron chi connectivity index (χ1n) is 7.18. The van der Waals surface area contributed by atoms with Crippen LogP contribution in [0.25, 0.3) is 0 Å². The summed E-state index contributed by atoms with van der Waals surface area (Å²) in [5.41, 5.74) is 0. The van der Waals surface area contributed by atoms with Gasteiger partial charge < -0.3 is 14.2 Å². The summed E-state index contributed by atoms with van der Waals surface area (Å²) in [6, 6.07) is 0. The summed E-state index contributed by atoms with van der Waals surface area (Å²) in [4.78, 5) is 11.2. The van der Waals surface area contributed by atoms with Crippen molar-refractivity contribution >= 4 is 5.97 Å². The Morgan fingerprint density at radius 2 is 1.94 bits per heavy atom. The second-order valence-electron chi connectivity index (χ2n) is 5.31. The molecule has 104 valence electrons. The molecule has 2 aliphatic rings. The fourth-order valence-electron chi connectivity index (χ4n) is 2.81. The molecule has 4 heteroatoms. The van der Waals surface area contributed by atoms with Crippen LogP contribution in [-0.2, 0) is 19.0 Å². The maximum absolute atomic E-state index is 11.2. The standard InChI is InChI=1S/C14H24O4/c1-2-3-13(15)16-9-6-12-4-7-14(8-5-12)17-10-11-18-14/h12H,2-11H2,1H3. The zero-order valence-corrected chi connectivity index (χ0v) is 11.3. The van der Waals surface area contributed by atoms with Crippen LogP contribution in [0, 0.1) is 5.92 Å². The first kappa shape index (κ1) is 13.8. The molecule has 2 rings (SSSR count). The van der Waals surface area contributed by atoms with Crippen LogP contribution >= 0.6 is 0 Å². The minimum atomic E-state index is -0.268. The van der Waals surface area contributed by atoms with E-state index in [0.29, 0.717) is 18.9 Å². The molecule has 0 aromatic heterocycles. The zero-order valence-electron chi connectivity index (χ0n) is 11.3. The number of hydrogen-bond donors (Lipinski definition) is 0. The average molecular weight is 256 g/mol. The highest BCUT2D eigenvalue weighted by Gasteiger charge is 2.40. The lowest BCUT2D eigenvalue weighted by Crippen LogP contribution is -2.35. The van der Waals surface area contributed by atoms with E-state index in [0.717, 1.165) is 51.7 Å². The van der Waals surface area contributed by atoms with Crippen LogP contribution in [-0.4, -0.2) is 31.6 Å². The lowest BCUT2D eigenvalue weighted by Gasteiger charge is -2.35. The molecule has 0 unspecified atom stereocenters. The zero-order chi connectivity index (χ0) is 12.8. The van der Waals surface area contributed by atoms with Crippen LogP contribution in [0.2, 0.25) is 0 Å². The highest BCUT2D eigenvalue weighted by molar-refractivity contribution is 5.69. The van der Waals surface area contributed by atoms with E-state index < -0.39 is 0 Å². The third kappa shape index (κ3) is 3.69. The first-order chi connectivity index (χ1) is 8.74. The van der Waals surface area contributed by atoms with Gasteiger partial charge >= 0.3 is 5.97 Å². The van der Waals surface area contributed by atoms with Crippen molar-refractivity contribution < 1.29 is 19.0 Å². The van der Waals surface area contributed by atoms with Crippen molar-refractivity contribution in [2.24, 2.45) is 5.92 Å². The number of ether oxygens (including phenoxy) is 3. The lowest BCUT2D eigenvalue weighted by molar-refractivity contribution is -0.183. The third-order valence-corrected chi connectivity index (χ3v) is 3.92. The van der Waals surface area contributed by atoms with E-state index in [2.05, 4.69) is 0 Å². The third-order valence-electron chi connectivity index (χ3n) is 3.92. The summed E-state index contributed by atoms with van der Waals surface area (Å²) in [5.74, 6) is 0.320. The molecule has 18 heavy (non-hydrogen) atoms. The first-order valence-corrected chi connectivity index (χ1v) is 7.18. The predicted molar refractivity (Wildman–Crippen MR) is 67.1 cm³/mol. The average Bonchev–Trinajstić information content (AvgIpc) is 2.81. The van der Waals surface area contributed by atoms with E-state index >= 15 is 0 Å². The Bertz CT molecular complexity index is 261. The van der Waals surface area contributed by atoms with E-state index in [9.17, 15) is 4.79 Å². The van der Waals surface area contributed by atoms with Crippen LogP contribution in [0.5, 0.6) is 0 Å². The molecule has 0 aromatic carbocycles. The Hall–Kier alpha value is -0.610. The Balaban J connectivity index is 1.60. The summed E-state index contributed by atoms with van der Waals surface area (Å²) < 4.78 is 16.6. The summed E-state index contributed by atoms with van der Waals surface area (Å²) in [6.45, 7) is 4.03. The van der Waals surface area contributed by atoms with Gasteiger partial charge in [-0.2, -0.15) is 0 Å². The van der Waals surface area contributed by atoms with E-state index in [1.165, 1.54) is 0 Å². The monoisotopic (exact) mass is 256 g/mol. The number of carbonyl (C=O) groups is 1. The van der Waals surface area contributed by atoms with Gasteiger partial charge in [-0.3, -0.25) is 4.79 Å². The smallest absolute Gasteiger partial charge is 0.305 e. The summed E-state index contributed by atoms with van der Waals surface area (Å²) in [5, 5.41) is 0. The van der Waals surface area contributed by atoms with E-state index in [1.807, 2.05) is 6.92 Å². The van der Waals surface area contributed by atoms with Gasteiger partial charge in [-0.15, -0.1) is 0 Å². The SMILES string of the molecule is CCCC(=O)OCCC1CCC2(CC1)OCCO2. The molecule has 0 atom stereocenters. The molecule has 1 aliphatic carbocycles. The molecule has 0 aromatic rings. The van der Waals surface area contributed by atoms with Crippen molar-refractivity contribution in [3.05, 3.63) is 0 Å². The molecule has 4 nitrogen and oxygen atoms in total. The largest absolute Gasteiger partial charge is 0.466 e. The summed E-state index contributed by atoms with van der Waals surface area (Å²) >= 11 is 0. The van der Waals surface area contributed by atoms with E-state index in [1.54, 1.807) is 0 Å². The van der Waals surface area contributed by atoms with Gasteiger partial charge in [0.15, 0.2) is 5.79 Å². The van der Waals surface area contributed by atoms with Gasteiger partial charge in [-0.05, 0) is 31.6 Å². The van der Waals surface area contributed by atoms with Crippen molar-refractivity contribution in [3.63, 3.8) is 0 Å². The second kappa shape index (κ2) is 6.53. The topological polar surface area (TPSA) is 44.8 Å². The van der Waals surface area contributed by atoms with Crippen LogP contribution in [0.15, 0.2) is 0 Å². The van der Waals surface area contributed by atoms with Gasteiger partial charge in [0.2, 0.25) is 0 Å². The number of hydrogen-bond acceptors (Lipinski definition) is 4. The fraction of sp³-hybridized carbons (Fsp3) is 0.929. The molecular weight excluding hydrogens is 232 g/mol. The Morgan fingerprint density at radius 3 is 2.56 bits per heavy atom. The maximum Gasteiger partial charge on any atom is 0.305 e. The minimum Gasteiger partial charge on any atom is -0.466 e. The molecular formula is C14H24O4. The van der Waals surface area contributed by atoms with Crippen molar-refractivity contribution in [2.75, 3.05) is 19.8 Å². The highest BCUT2D eigenvalue weighted by Crippen LogP contribution is 2.39. The number of carbonyl (C=O) groups excluding carboxylic acids is 1. The van der Waals surface area contributed by atoms with E-state index in [-0.39, 0.29) is 11.8 Å². The Morgan fingerprint density at radius 1 is 1.28 bits per heavy atom. The molecule has 1 heterocycles. The lowest BCUT2D eigenvalue weighted by atomic mass is 9.83. The normalized spacial score (nSPS) is 23.4. The maximum atomic E-state index is 11.2. The quantitative estimate of drug-likeness (QED) is 0.709. The number of esters is 1. The van der Waals surface area contributed by atoms with Gasteiger partial charge in [0, 0.05) is 19.3 Å². The van der Waals surface area contributed by atoms with Crippen molar-refractivity contribution in [1.29, 1.82) is 0 Å². The molecule has 0 amide bonds. The Labute approximate surface area is 109 Å². The van der Waals surface area contributed by atoms with Crippen molar-refractivity contribution in [2.45, 2.75) is 57.7 Å². The highest BCUT2D eigenvalue weighted by atomic mass is 16.7. The van der Waals surface area contributed by atoms with Gasteiger partial charge in [0.1, 0.15) is 0 Å². The molecule has 2 fully saturated rings. The van der Waals surface area contributed by atoms with Gasteiger partial charge in [-0.1, -0.05) is 6.92 Å². The van der Waals surface area contributed by atoms with Crippen molar-refractivity contribution in [3.8, 4) is 0 Å². The van der Waals surface area contributed by atoms with E-state index in [4.69, 9.17) is 14.2 Å². The minimum absolute atomic E-state index is 0.0627. The van der Waals surface area contributed by atoms with Gasteiger partial charge in [0.25, 0.3) is 0 Å². The molecule has 1 saturated heterocycles. The fourth-order valence-corrected chi connectivity index (χ4v) is 2.81. The molecule has 0 radical (unpaired) electrons. The predicted octanol–water partition coefficient (Wildman–Crippen LogP) is 2.65. The van der Waals surface area contributed by atoms with Crippen LogP contribution in [0.4, 0.5) is 0 Å². The summed E-state index contributed by atoms with van der Waals surface area (Å²) in [6.07, 6.45) is 6.58. The number of rotatable bonds is 5. The van der Waals surface area contributed by atoms with Crippen molar-refractivity contribution in [1.82, 2.24) is 0 Å². The molecule has 1 spiro atoms. The molecule has 1 aliphatic heterocycles. The second-order valence-corrected chi connectivity index (χ2v) is 5.31.